The molecule has 1 heterocycles. The summed E-state index contributed by atoms with van der Waals surface area (Å²) in [4.78, 5) is 15.0. The number of amides is 1. The van der Waals surface area contributed by atoms with Crippen LogP contribution in [0.5, 0.6) is 23.0 Å². The minimum atomic E-state index is -0.201. The van der Waals surface area contributed by atoms with Gasteiger partial charge in [0.15, 0.2) is 11.5 Å². The van der Waals surface area contributed by atoms with Crippen molar-refractivity contribution in [2.45, 2.75) is 32.2 Å². The highest BCUT2D eigenvalue weighted by Crippen LogP contribution is 2.38. The zero-order valence-corrected chi connectivity index (χ0v) is 19.3. The summed E-state index contributed by atoms with van der Waals surface area (Å²) in [6.45, 7) is 4.36. The van der Waals surface area contributed by atoms with Crippen LogP contribution in [0.15, 0.2) is 36.4 Å². The molecule has 2 aromatic carbocycles. The fourth-order valence-electron chi connectivity index (χ4n) is 3.89. The lowest BCUT2D eigenvalue weighted by atomic mass is 10.1. The Hall–Kier alpha value is -2.93. The van der Waals surface area contributed by atoms with Gasteiger partial charge in [0.05, 0.1) is 27.9 Å². The fraction of sp³-hybridized carbons (Fsp3) is 0.480. The minimum Gasteiger partial charge on any atom is -0.494 e. The van der Waals surface area contributed by atoms with E-state index in [0.29, 0.717) is 42.4 Å². The number of hydrogen-bond donors (Lipinski definition) is 1. The number of methoxy groups -OCH3 is 3. The molecule has 0 atom stereocenters. The number of benzene rings is 2. The maximum atomic E-state index is 12.5. The second-order valence-corrected chi connectivity index (χ2v) is 7.86. The number of nitrogens with zero attached hydrogens (tertiary/aromatic N) is 1. The van der Waals surface area contributed by atoms with Crippen LogP contribution in [-0.4, -0.2) is 58.4 Å². The zero-order valence-electron chi connectivity index (χ0n) is 19.3. The highest BCUT2D eigenvalue weighted by molar-refractivity contribution is 5.95. The summed E-state index contributed by atoms with van der Waals surface area (Å²) < 4.78 is 21.8. The molecule has 2 aromatic rings. The monoisotopic (exact) mass is 442 g/mol. The van der Waals surface area contributed by atoms with Crippen LogP contribution in [0, 0.1) is 0 Å². The van der Waals surface area contributed by atoms with E-state index in [-0.39, 0.29) is 5.91 Å². The van der Waals surface area contributed by atoms with Crippen molar-refractivity contribution in [3.8, 4) is 23.0 Å². The molecule has 0 spiro atoms. The van der Waals surface area contributed by atoms with Gasteiger partial charge >= 0.3 is 0 Å². The van der Waals surface area contributed by atoms with E-state index in [9.17, 15) is 4.79 Å². The topological polar surface area (TPSA) is 69.3 Å². The van der Waals surface area contributed by atoms with Crippen LogP contribution >= 0.6 is 0 Å². The van der Waals surface area contributed by atoms with Crippen molar-refractivity contribution >= 4 is 5.91 Å². The molecule has 1 aliphatic heterocycles. The summed E-state index contributed by atoms with van der Waals surface area (Å²) >= 11 is 0. The number of hydrogen-bond acceptors (Lipinski definition) is 6. The van der Waals surface area contributed by atoms with Crippen molar-refractivity contribution in [2.75, 3.05) is 47.6 Å². The van der Waals surface area contributed by atoms with Gasteiger partial charge in [-0.25, -0.2) is 0 Å². The molecule has 0 aromatic heterocycles. The fourth-order valence-corrected chi connectivity index (χ4v) is 3.89. The van der Waals surface area contributed by atoms with Gasteiger partial charge in [-0.15, -0.1) is 0 Å². The molecule has 1 N–H and O–H groups in total. The van der Waals surface area contributed by atoms with E-state index in [1.807, 2.05) is 12.1 Å². The first kappa shape index (κ1) is 23.7. The highest BCUT2D eigenvalue weighted by Gasteiger charge is 2.16. The standard InChI is InChI=1S/C25H34N2O5/c1-29-22-16-20(17-23(30-2)24(22)31-3)25(28)26-11-8-14-32-21-10-7-9-19(15-21)18-27-12-5-4-6-13-27/h7,9-10,15-17H,4-6,8,11-14,18H2,1-3H3,(H,26,28). The van der Waals surface area contributed by atoms with E-state index in [0.717, 1.165) is 12.3 Å². The molecular formula is C25H34N2O5. The van der Waals surface area contributed by atoms with Crippen molar-refractivity contribution in [2.24, 2.45) is 0 Å². The number of rotatable bonds is 11. The number of likely N-dealkylation sites (tertiary alicyclic amines) is 1. The third-order valence-corrected chi connectivity index (χ3v) is 5.56. The summed E-state index contributed by atoms with van der Waals surface area (Å²) in [6, 6.07) is 11.6. The molecule has 1 aliphatic rings. The number of piperidine rings is 1. The smallest absolute Gasteiger partial charge is 0.251 e. The maximum absolute atomic E-state index is 12.5. The molecule has 0 bridgehead atoms. The first-order valence-electron chi connectivity index (χ1n) is 11.2. The Morgan fingerprint density at radius 1 is 0.969 bits per heavy atom. The summed E-state index contributed by atoms with van der Waals surface area (Å²) in [5.74, 6) is 2.03. The van der Waals surface area contributed by atoms with Gasteiger partial charge in [0.2, 0.25) is 5.75 Å². The molecule has 3 rings (SSSR count). The molecule has 0 radical (unpaired) electrons. The lowest BCUT2D eigenvalue weighted by Crippen LogP contribution is -2.29. The molecule has 7 heteroatoms. The Labute approximate surface area is 190 Å². The van der Waals surface area contributed by atoms with E-state index in [1.54, 1.807) is 12.1 Å². The van der Waals surface area contributed by atoms with Gasteiger partial charge in [-0.2, -0.15) is 0 Å². The van der Waals surface area contributed by atoms with Crippen molar-refractivity contribution in [1.29, 1.82) is 0 Å². The quantitative estimate of drug-likeness (QED) is 0.533. The van der Waals surface area contributed by atoms with Crippen molar-refractivity contribution in [3.05, 3.63) is 47.5 Å². The molecule has 0 aliphatic carbocycles. The summed E-state index contributed by atoms with van der Waals surface area (Å²) in [5.41, 5.74) is 1.73. The Kier molecular flexibility index (Phi) is 9.04. The second kappa shape index (κ2) is 12.2. The van der Waals surface area contributed by atoms with E-state index >= 15 is 0 Å². The molecule has 7 nitrogen and oxygen atoms in total. The number of ether oxygens (including phenoxy) is 4. The van der Waals surface area contributed by atoms with E-state index < -0.39 is 0 Å². The Bertz CT molecular complexity index is 855. The molecule has 0 unspecified atom stereocenters. The van der Waals surface area contributed by atoms with Gasteiger partial charge in [0.1, 0.15) is 5.75 Å². The van der Waals surface area contributed by atoms with Gasteiger partial charge in [-0.05, 0) is 62.2 Å². The molecule has 0 saturated carbocycles. The highest BCUT2D eigenvalue weighted by atomic mass is 16.5. The van der Waals surface area contributed by atoms with Crippen LogP contribution in [0.3, 0.4) is 0 Å². The predicted octanol–water partition coefficient (Wildman–Crippen LogP) is 3.90. The van der Waals surface area contributed by atoms with Crippen LogP contribution < -0.4 is 24.3 Å². The zero-order chi connectivity index (χ0) is 22.8. The van der Waals surface area contributed by atoms with Crippen LogP contribution in [0.4, 0.5) is 0 Å². The number of nitrogens with one attached hydrogen (secondary N) is 1. The van der Waals surface area contributed by atoms with Crippen molar-refractivity contribution in [1.82, 2.24) is 10.2 Å². The van der Waals surface area contributed by atoms with Gasteiger partial charge in [0.25, 0.3) is 5.91 Å². The number of carbonyl (C=O) groups is 1. The van der Waals surface area contributed by atoms with Crippen LogP contribution in [0.2, 0.25) is 0 Å². The van der Waals surface area contributed by atoms with Crippen LogP contribution in [0.1, 0.15) is 41.6 Å². The van der Waals surface area contributed by atoms with E-state index in [1.165, 1.54) is 59.2 Å². The normalized spacial score (nSPS) is 14.0. The summed E-state index contributed by atoms with van der Waals surface area (Å²) in [7, 11) is 4.58. The van der Waals surface area contributed by atoms with Crippen molar-refractivity contribution in [3.63, 3.8) is 0 Å². The first-order chi connectivity index (χ1) is 15.6. The minimum absolute atomic E-state index is 0.201. The lowest BCUT2D eigenvalue weighted by Gasteiger charge is -2.26. The summed E-state index contributed by atoms with van der Waals surface area (Å²) in [6.07, 6.45) is 4.62. The maximum Gasteiger partial charge on any atom is 0.251 e. The van der Waals surface area contributed by atoms with E-state index in [4.69, 9.17) is 18.9 Å². The third kappa shape index (κ3) is 6.53. The van der Waals surface area contributed by atoms with Gasteiger partial charge in [-0.3, -0.25) is 9.69 Å². The molecule has 1 fully saturated rings. The molecule has 32 heavy (non-hydrogen) atoms. The Morgan fingerprint density at radius 3 is 2.34 bits per heavy atom. The molecule has 1 saturated heterocycles. The molecule has 1 amide bonds. The average molecular weight is 443 g/mol. The van der Waals surface area contributed by atoms with Crippen LogP contribution in [0.25, 0.3) is 0 Å². The third-order valence-electron chi connectivity index (χ3n) is 5.56. The van der Waals surface area contributed by atoms with Gasteiger partial charge in [0, 0.05) is 18.7 Å². The van der Waals surface area contributed by atoms with Gasteiger partial charge < -0.3 is 24.3 Å². The largest absolute Gasteiger partial charge is 0.494 e. The van der Waals surface area contributed by atoms with Gasteiger partial charge in [-0.1, -0.05) is 18.6 Å². The second-order valence-electron chi connectivity index (χ2n) is 7.86. The molecular weight excluding hydrogens is 408 g/mol. The molecule has 174 valence electrons. The Balaban J connectivity index is 1.44. The number of carbonyl (C=O) groups excluding carboxylic acids is 1. The SMILES string of the molecule is COc1cc(C(=O)NCCCOc2cccc(CN3CCCCC3)c2)cc(OC)c1OC. The summed E-state index contributed by atoms with van der Waals surface area (Å²) in [5, 5.41) is 2.91. The average Bonchev–Trinajstić information content (AvgIpc) is 2.83. The van der Waals surface area contributed by atoms with Crippen LogP contribution in [-0.2, 0) is 6.54 Å². The van der Waals surface area contributed by atoms with Crippen molar-refractivity contribution < 1.29 is 23.7 Å². The first-order valence-corrected chi connectivity index (χ1v) is 11.2. The Morgan fingerprint density at radius 2 is 1.69 bits per heavy atom. The predicted molar refractivity (Wildman–Crippen MR) is 124 cm³/mol. The lowest BCUT2D eigenvalue weighted by molar-refractivity contribution is 0.0950. The van der Waals surface area contributed by atoms with E-state index in [2.05, 4.69) is 22.3 Å².